The van der Waals surface area contributed by atoms with Crippen molar-refractivity contribution in [2.75, 3.05) is 11.9 Å². The van der Waals surface area contributed by atoms with Crippen molar-refractivity contribution >= 4 is 34.2 Å². The fraction of sp³-hybridized carbons (Fsp3) is 0.261. The van der Waals surface area contributed by atoms with E-state index in [0.29, 0.717) is 23.0 Å². The number of anilines is 1. The third-order valence-electron chi connectivity index (χ3n) is 4.98. The first kappa shape index (κ1) is 20.9. The topological polar surface area (TPSA) is 74.0 Å². The minimum absolute atomic E-state index is 0.0882. The smallest absolute Gasteiger partial charge is 0.262 e. The molecule has 160 valence electrons. The predicted octanol–water partition coefficient (Wildman–Crippen LogP) is 4.67. The second-order valence-corrected chi connectivity index (χ2v) is 7.71. The Balaban J connectivity index is 1.49. The molecule has 4 rings (SSSR count). The van der Waals surface area contributed by atoms with Gasteiger partial charge < -0.3 is 19.2 Å². The zero-order valence-electron chi connectivity index (χ0n) is 17.5. The lowest BCUT2D eigenvalue weighted by Gasteiger charge is -2.10. The van der Waals surface area contributed by atoms with E-state index in [4.69, 9.17) is 21.3 Å². The van der Waals surface area contributed by atoms with Gasteiger partial charge in [0.1, 0.15) is 17.4 Å². The van der Waals surface area contributed by atoms with Crippen LogP contribution in [0.3, 0.4) is 0 Å². The number of amides is 1. The number of nitrogens with zero attached hydrogens (tertiary/aromatic N) is 4. The number of halogens is 1. The first-order valence-corrected chi connectivity index (χ1v) is 10.6. The molecule has 0 unspecified atom stereocenters. The van der Waals surface area contributed by atoms with Crippen molar-refractivity contribution < 1.29 is 9.53 Å². The molecule has 7 nitrogen and oxygen atoms in total. The maximum atomic E-state index is 12.3. The van der Waals surface area contributed by atoms with Crippen LogP contribution in [0.25, 0.3) is 11.0 Å². The molecule has 0 spiro atoms. The quantitative estimate of drug-likeness (QED) is 0.434. The molecule has 8 heteroatoms. The maximum absolute atomic E-state index is 12.3. The van der Waals surface area contributed by atoms with Crippen LogP contribution in [0.2, 0.25) is 5.02 Å². The van der Waals surface area contributed by atoms with Crippen molar-refractivity contribution in [1.29, 1.82) is 0 Å². The average molecular weight is 438 g/mol. The van der Waals surface area contributed by atoms with Gasteiger partial charge in [-0.1, -0.05) is 18.5 Å². The molecule has 2 aromatic heterocycles. The normalized spacial score (nSPS) is 11.1. The van der Waals surface area contributed by atoms with Crippen LogP contribution in [0.1, 0.15) is 25.0 Å². The van der Waals surface area contributed by atoms with Gasteiger partial charge in [-0.2, -0.15) is 0 Å². The van der Waals surface area contributed by atoms with Crippen LogP contribution in [0.5, 0.6) is 5.75 Å². The van der Waals surface area contributed by atoms with E-state index in [2.05, 4.69) is 26.4 Å². The van der Waals surface area contributed by atoms with Crippen molar-refractivity contribution in [2.24, 2.45) is 0 Å². The molecule has 0 aliphatic heterocycles. The number of hydrogen-bond acceptors (Lipinski definition) is 4. The van der Waals surface area contributed by atoms with Crippen LogP contribution in [0, 0.1) is 6.92 Å². The summed E-state index contributed by atoms with van der Waals surface area (Å²) >= 11 is 5.86. The van der Waals surface area contributed by atoms with Crippen LogP contribution >= 0.6 is 11.6 Å². The minimum atomic E-state index is -0.239. The molecule has 0 aliphatic carbocycles. The van der Waals surface area contributed by atoms with Gasteiger partial charge in [0.2, 0.25) is 0 Å². The average Bonchev–Trinajstić information content (AvgIpc) is 3.31. The van der Waals surface area contributed by atoms with E-state index >= 15 is 0 Å². The summed E-state index contributed by atoms with van der Waals surface area (Å²) in [5.41, 5.74) is 2.58. The molecular weight excluding hydrogens is 414 g/mol. The molecule has 1 N–H and O–H groups in total. The van der Waals surface area contributed by atoms with Crippen LogP contribution in [0.4, 0.5) is 5.69 Å². The highest BCUT2D eigenvalue weighted by atomic mass is 35.5. The Morgan fingerprint density at radius 2 is 2.00 bits per heavy atom. The van der Waals surface area contributed by atoms with Gasteiger partial charge in [-0.15, -0.1) is 0 Å². The second-order valence-electron chi connectivity index (χ2n) is 7.28. The standard InChI is InChI=1S/C23H24ClN5O2/c1-3-11-29-21-9-6-18(26-23(30)15-31-19-7-4-17(24)5-8-19)13-20(21)27-22(29)14-28-12-10-25-16(28)2/h4-10,12-13H,3,11,14-15H2,1-2H3,(H,26,30). The summed E-state index contributed by atoms with van der Waals surface area (Å²) in [4.78, 5) is 21.4. The Morgan fingerprint density at radius 1 is 1.19 bits per heavy atom. The number of aromatic nitrogens is 4. The number of imidazole rings is 2. The van der Waals surface area contributed by atoms with Crippen molar-refractivity contribution in [3.8, 4) is 5.75 Å². The molecular formula is C23H24ClN5O2. The van der Waals surface area contributed by atoms with E-state index in [1.165, 1.54) is 0 Å². The Bertz CT molecular complexity index is 1200. The summed E-state index contributed by atoms with van der Waals surface area (Å²) in [7, 11) is 0. The molecule has 0 atom stereocenters. The molecule has 0 saturated carbocycles. The largest absolute Gasteiger partial charge is 0.484 e. The molecule has 0 fully saturated rings. The van der Waals surface area contributed by atoms with Crippen LogP contribution in [-0.2, 0) is 17.9 Å². The monoisotopic (exact) mass is 437 g/mol. The van der Waals surface area contributed by atoms with Gasteiger partial charge in [-0.25, -0.2) is 9.97 Å². The van der Waals surface area contributed by atoms with Crippen molar-refractivity contribution in [2.45, 2.75) is 33.4 Å². The van der Waals surface area contributed by atoms with Gasteiger partial charge in [0, 0.05) is 29.6 Å². The third-order valence-corrected chi connectivity index (χ3v) is 5.23. The molecule has 31 heavy (non-hydrogen) atoms. The lowest BCUT2D eigenvalue weighted by atomic mass is 10.2. The molecule has 0 aliphatic rings. The highest BCUT2D eigenvalue weighted by Gasteiger charge is 2.13. The number of aryl methyl sites for hydroxylation is 2. The Kier molecular flexibility index (Phi) is 6.23. The fourth-order valence-corrected chi connectivity index (χ4v) is 3.58. The van der Waals surface area contributed by atoms with Gasteiger partial charge in [0.25, 0.3) is 5.91 Å². The van der Waals surface area contributed by atoms with E-state index in [9.17, 15) is 4.79 Å². The van der Waals surface area contributed by atoms with Crippen LogP contribution in [-0.4, -0.2) is 31.6 Å². The van der Waals surface area contributed by atoms with E-state index in [1.807, 2.05) is 31.3 Å². The van der Waals surface area contributed by atoms with E-state index < -0.39 is 0 Å². The van der Waals surface area contributed by atoms with E-state index in [1.54, 1.807) is 30.5 Å². The highest BCUT2D eigenvalue weighted by Crippen LogP contribution is 2.22. The van der Waals surface area contributed by atoms with E-state index in [0.717, 1.165) is 35.6 Å². The molecule has 0 radical (unpaired) electrons. The number of nitrogens with one attached hydrogen (secondary N) is 1. The summed E-state index contributed by atoms with van der Waals surface area (Å²) in [5, 5.41) is 3.50. The summed E-state index contributed by atoms with van der Waals surface area (Å²) in [5.74, 6) is 2.26. The van der Waals surface area contributed by atoms with Crippen molar-refractivity contribution in [3.63, 3.8) is 0 Å². The fourth-order valence-electron chi connectivity index (χ4n) is 3.45. The molecule has 1 amide bonds. The lowest BCUT2D eigenvalue weighted by Crippen LogP contribution is -2.20. The highest BCUT2D eigenvalue weighted by molar-refractivity contribution is 6.30. The van der Waals surface area contributed by atoms with Gasteiger partial charge in [-0.05, 0) is 55.8 Å². The zero-order chi connectivity index (χ0) is 21.8. The second kappa shape index (κ2) is 9.22. The minimum Gasteiger partial charge on any atom is -0.484 e. The summed E-state index contributed by atoms with van der Waals surface area (Å²) in [6.45, 7) is 5.56. The first-order chi connectivity index (χ1) is 15.0. The maximum Gasteiger partial charge on any atom is 0.262 e. The zero-order valence-corrected chi connectivity index (χ0v) is 18.3. The number of carbonyl (C=O) groups excluding carboxylic acids is 1. The van der Waals surface area contributed by atoms with Crippen LogP contribution < -0.4 is 10.1 Å². The number of hydrogen-bond donors (Lipinski definition) is 1. The Labute approximate surface area is 185 Å². The Morgan fingerprint density at radius 3 is 2.71 bits per heavy atom. The van der Waals surface area contributed by atoms with Gasteiger partial charge >= 0.3 is 0 Å². The predicted molar refractivity (Wildman–Crippen MR) is 122 cm³/mol. The SMILES string of the molecule is CCCn1c(Cn2ccnc2C)nc2cc(NC(=O)COc3ccc(Cl)cc3)ccc21. The molecule has 4 aromatic rings. The molecule has 0 bridgehead atoms. The van der Waals surface area contributed by atoms with Gasteiger partial charge in [-0.3, -0.25) is 4.79 Å². The summed E-state index contributed by atoms with van der Waals surface area (Å²) in [6, 6.07) is 12.7. The number of carbonyl (C=O) groups is 1. The van der Waals surface area contributed by atoms with Crippen molar-refractivity contribution in [3.05, 3.63) is 71.5 Å². The van der Waals surface area contributed by atoms with Gasteiger partial charge in [0.05, 0.1) is 17.6 Å². The lowest BCUT2D eigenvalue weighted by molar-refractivity contribution is -0.118. The number of ether oxygens (including phenoxy) is 1. The third kappa shape index (κ3) is 4.88. The number of rotatable bonds is 8. The summed E-state index contributed by atoms with van der Waals surface area (Å²) in [6.07, 6.45) is 4.75. The molecule has 0 saturated heterocycles. The first-order valence-electron chi connectivity index (χ1n) is 10.2. The number of fused-ring (bicyclic) bond motifs is 1. The van der Waals surface area contributed by atoms with E-state index in [-0.39, 0.29) is 12.5 Å². The number of benzene rings is 2. The van der Waals surface area contributed by atoms with Crippen molar-refractivity contribution in [1.82, 2.24) is 19.1 Å². The van der Waals surface area contributed by atoms with Gasteiger partial charge in [0.15, 0.2) is 6.61 Å². The molecule has 2 aromatic carbocycles. The van der Waals surface area contributed by atoms with Crippen LogP contribution in [0.15, 0.2) is 54.9 Å². The summed E-state index contributed by atoms with van der Waals surface area (Å²) < 4.78 is 9.81. The Hall–Kier alpha value is -3.32. The molecule has 2 heterocycles.